The van der Waals surface area contributed by atoms with E-state index in [1.165, 1.54) is 0 Å². The summed E-state index contributed by atoms with van der Waals surface area (Å²) in [6.07, 6.45) is -0.617. The van der Waals surface area contributed by atoms with Crippen molar-refractivity contribution in [3.8, 4) is 5.75 Å². The van der Waals surface area contributed by atoms with Gasteiger partial charge in [-0.25, -0.2) is 0 Å². The lowest BCUT2D eigenvalue weighted by Gasteiger charge is -2.14. The lowest BCUT2D eigenvalue weighted by Crippen LogP contribution is -2.31. The molecule has 0 fully saturated rings. The molecule has 4 heteroatoms. The van der Waals surface area contributed by atoms with E-state index >= 15 is 0 Å². The number of hydrogen-bond acceptors (Lipinski definition) is 3. The fourth-order valence-electron chi connectivity index (χ4n) is 1.64. The number of aliphatic hydroxyl groups is 1. The molecular formula is C15H23NO3. The van der Waals surface area contributed by atoms with Gasteiger partial charge in [-0.15, -0.1) is 0 Å². The van der Waals surface area contributed by atoms with Crippen molar-refractivity contribution in [3.63, 3.8) is 0 Å². The van der Waals surface area contributed by atoms with Gasteiger partial charge in [0, 0.05) is 12.1 Å². The zero-order valence-electron chi connectivity index (χ0n) is 12.1. The Morgan fingerprint density at radius 3 is 2.63 bits per heavy atom. The van der Waals surface area contributed by atoms with Crippen LogP contribution in [0.5, 0.6) is 5.75 Å². The Morgan fingerprint density at radius 1 is 1.37 bits per heavy atom. The first-order valence-electron chi connectivity index (χ1n) is 6.58. The number of carbonyl (C=O) groups is 1. The van der Waals surface area contributed by atoms with Crippen LogP contribution in [0, 0.1) is 12.8 Å². The average molecular weight is 265 g/mol. The van der Waals surface area contributed by atoms with Gasteiger partial charge in [-0.1, -0.05) is 25.5 Å². The average Bonchev–Trinajstić information content (AvgIpc) is 2.34. The van der Waals surface area contributed by atoms with Crippen molar-refractivity contribution in [1.29, 1.82) is 0 Å². The molecule has 1 atom stereocenters. The van der Waals surface area contributed by atoms with Crippen molar-refractivity contribution in [2.75, 3.05) is 13.2 Å². The maximum atomic E-state index is 11.6. The second kappa shape index (κ2) is 7.14. The molecular weight excluding hydrogens is 242 g/mol. The highest BCUT2D eigenvalue weighted by Gasteiger charge is 2.11. The molecule has 0 unspecified atom stereocenters. The highest BCUT2D eigenvalue weighted by Crippen LogP contribution is 2.26. The molecule has 0 radical (unpaired) electrons. The summed E-state index contributed by atoms with van der Waals surface area (Å²) in [5.74, 6) is 0.822. The number of aliphatic hydroxyl groups excluding tert-OH is 1. The highest BCUT2D eigenvalue weighted by molar-refractivity contribution is 5.77. The molecule has 0 heterocycles. The van der Waals surface area contributed by atoms with Crippen LogP contribution in [0.15, 0.2) is 18.2 Å². The molecule has 1 rings (SSSR count). The zero-order valence-corrected chi connectivity index (χ0v) is 12.1. The van der Waals surface area contributed by atoms with Crippen molar-refractivity contribution in [2.24, 2.45) is 5.92 Å². The molecule has 4 nitrogen and oxygen atoms in total. The van der Waals surface area contributed by atoms with Gasteiger partial charge in [-0.3, -0.25) is 4.79 Å². The van der Waals surface area contributed by atoms with E-state index in [0.717, 1.165) is 5.56 Å². The second-order valence-electron chi connectivity index (χ2n) is 5.20. The molecule has 19 heavy (non-hydrogen) atoms. The third-order valence-corrected chi connectivity index (χ3v) is 2.68. The Labute approximate surface area is 114 Å². The van der Waals surface area contributed by atoms with Gasteiger partial charge < -0.3 is 15.2 Å². The van der Waals surface area contributed by atoms with E-state index in [1.54, 1.807) is 13.0 Å². The summed E-state index contributed by atoms with van der Waals surface area (Å²) in [5.41, 5.74) is 1.75. The number of benzene rings is 1. The van der Waals surface area contributed by atoms with Gasteiger partial charge in [0.1, 0.15) is 5.75 Å². The zero-order chi connectivity index (χ0) is 14.4. The SMILES string of the molecule is Cc1ccc(OCC(=O)NCC(C)C)c([C@H](C)O)c1. The maximum Gasteiger partial charge on any atom is 0.257 e. The highest BCUT2D eigenvalue weighted by atomic mass is 16.5. The minimum Gasteiger partial charge on any atom is -0.483 e. The molecule has 0 saturated heterocycles. The van der Waals surface area contributed by atoms with Crippen LogP contribution in [0.25, 0.3) is 0 Å². The molecule has 106 valence electrons. The monoisotopic (exact) mass is 265 g/mol. The van der Waals surface area contributed by atoms with E-state index in [-0.39, 0.29) is 12.5 Å². The minimum absolute atomic E-state index is 0.0322. The molecule has 1 amide bonds. The summed E-state index contributed by atoms with van der Waals surface area (Å²) in [6.45, 7) is 8.31. The first-order chi connectivity index (χ1) is 8.90. The Hall–Kier alpha value is -1.55. The fourth-order valence-corrected chi connectivity index (χ4v) is 1.64. The summed E-state index contributed by atoms with van der Waals surface area (Å²) in [5, 5.41) is 12.5. The Bertz CT molecular complexity index is 427. The van der Waals surface area contributed by atoms with Crippen molar-refractivity contribution in [1.82, 2.24) is 5.32 Å². The molecule has 0 aliphatic carbocycles. The summed E-state index contributed by atoms with van der Waals surface area (Å²) in [4.78, 5) is 11.6. The minimum atomic E-state index is -0.617. The van der Waals surface area contributed by atoms with Crippen LogP contribution in [-0.2, 0) is 4.79 Å². The van der Waals surface area contributed by atoms with Crippen molar-refractivity contribution >= 4 is 5.91 Å². The van der Waals surface area contributed by atoms with Crippen LogP contribution in [0.4, 0.5) is 0 Å². The van der Waals surface area contributed by atoms with Gasteiger partial charge in [0.25, 0.3) is 5.91 Å². The molecule has 0 aliphatic heterocycles. The van der Waals surface area contributed by atoms with Crippen LogP contribution in [-0.4, -0.2) is 24.2 Å². The molecule has 0 saturated carbocycles. The number of nitrogens with one attached hydrogen (secondary N) is 1. The number of rotatable bonds is 6. The van der Waals surface area contributed by atoms with Gasteiger partial charge in [-0.2, -0.15) is 0 Å². The van der Waals surface area contributed by atoms with E-state index in [9.17, 15) is 9.90 Å². The summed E-state index contributed by atoms with van der Waals surface area (Å²) >= 11 is 0. The van der Waals surface area contributed by atoms with Crippen molar-refractivity contribution < 1.29 is 14.6 Å². The van der Waals surface area contributed by atoms with Crippen molar-refractivity contribution in [3.05, 3.63) is 29.3 Å². The normalized spacial score (nSPS) is 12.3. The third kappa shape index (κ3) is 5.30. The van der Waals surface area contributed by atoms with E-state index < -0.39 is 6.10 Å². The third-order valence-electron chi connectivity index (χ3n) is 2.68. The van der Waals surface area contributed by atoms with Crippen LogP contribution in [0.2, 0.25) is 0 Å². The molecule has 1 aromatic carbocycles. The van der Waals surface area contributed by atoms with E-state index in [1.807, 2.05) is 32.9 Å². The van der Waals surface area contributed by atoms with E-state index in [4.69, 9.17) is 4.74 Å². The summed E-state index contributed by atoms with van der Waals surface area (Å²) in [7, 11) is 0. The lowest BCUT2D eigenvalue weighted by atomic mass is 10.1. The van der Waals surface area contributed by atoms with Gasteiger partial charge in [-0.05, 0) is 31.9 Å². The molecule has 0 bridgehead atoms. The second-order valence-corrected chi connectivity index (χ2v) is 5.20. The van der Waals surface area contributed by atoms with Gasteiger partial charge in [0.15, 0.2) is 6.61 Å². The predicted molar refractivity (Wildman–Crippen MR) is 75.2 cm³/mol. The lowest BCUT2D eigenvalue weighted by molar-refractivity contribution is -0.123. The fraction of sp³-hybridized carbons (Fsp3) is 0.533. The van der Waals surface area contributed by atoms with Crippen LogP contribution >= 0.6 is 0 Å². The number of aryl methyl sites for hydroxylation is 1. The van der Waals surface area contributed by atoms with Crippen molar-refractivity contribution in [2.45, 2.75) is 33.8 Å². The van der Waals surface area contributed by atoms with E-state index in [0.29, 0.717) is 23.8 Å². The number of amides is 1. The summed E-state index contributed by atoms with van der Waals surface area (Å²) < 4.78 is 5.48. The van der Waals surface area contributed by atoms with Crippen LogP contribution in [0.3, 0.4) is 0 Å². The number of ether oxygens (including phenoxy) is 1. The van der Waals surface area contributed by atoms with Crippen LogP contribution < -0.4 is 10.1 Å². The van der Waals surface area contributed by atoms with Gasteiger partial charge >= 0.3 is 0 Å². The molecule has 0 spiro atoms. The smallest absolute Gasteiger partial charge is 0.257 e. The number of hydrogen-bond donors (Lipinski definition) is 2. The number of carbonyl (C=O) groups excluding carboxylic acids is 1. The predicted octanol–water partition coefficient (Wildman–Crippen LogP) is 2.20. The Balaban J connectivity index is 2.60. The topological polar surface area (TPSA) is 58.6 Å². The summed E-state index contributed by atoms with van der Waals surface area (Å²) in [6, 6.07) is 5.55. The molecule has 0 aromatic heterocycles. The quantitative estimate of drug-likeness (QED) is 0.829. The van der Waals surface area contributed by atoms with E-state index in [2.05, 4.69) is 5.32 Å². The van der Waals surface area contributed by atoms with Gasteiger partial charge in [0.05, 0.1) is 6.10 Å². The standard InChI is InChI=1S/C15H23NO3/c1-10(2)8-16-15(18)9-19-14-6-5-11(3)7-13(14)12(4)17/h5-7,10,12,17H,8-9H2,1-4H3,(H,16,18)/t12-/m0/s1. The Kier molecular flexibility index (Phi) is 5.83. The molecule has 2 N–H and O–H groups in total. The largest absolute Gasteiger partial charge is 0.483 e. The van der Waals surface area contributed by atoms with Crippen LogP contribution in [0.1, 0.15) is 38.0 Å². The first kappa shape index (κ1) is 15.5. The molecule has 0 aliphatic rings. The maximum absolute atomic E-state index is 11.6. The van der Waals surface area contributed by atoms with Gasteiger partial charge in [0.2, 0.25) is 0 Å². The molecule has 1 aromatic rings. The first-order valence-corrected chi connectivity index (χ1v) is 6.58. The Morgan fingerprint density at radius 2 is 2.05 bits per heavy atom.